The predicted molar refractivity (Wildman–Crippen MR) is 108 cm³/mol. The standard InChI is InChI=1S/C18H15O8PS3/c19-28(20)16-7-1-4-13(10-16)27(14-5-2-8-17(11-14)29(21,22)23)15-6-3-9-18(12-15)30(24,25)26/h1-12H,(H,19,20)(H,21,22,23)(H,24,25,26)/p-3. The summed E-state index contributed by atoms with van der Waals surface area (Å²) in [5.41, 5.74) is 0. The summed E-state index contributed by atoms with van der Waals surface area (Å²) in [5, 5.41) is 1.17. The van der Waals surface area contributed by atoms with E-state index in [4.69, 9.17) is 0 Å². The van der Waals surface area contributed by atoms with E-state index in [1.807, 2.05) is 0 Å². The van der Waals surface area contributed by atoms with Crippen molar-refractivity contribution in [1.82, 2.24) is 0 Å². The molecule has 1 unspecified atom stereocenters. The molecule has 0 N–H and O–H groups in total. The van der Waals surface area contributed by atoms with Crippen LogP contribution in [0, 0.1) is 0 Å². The van der Waals surface area contributed by atoms with Gasteiger partial charge in [-0.05, 0) is 71.3 Å². The molecule has 0 bridgehead atoms. The van der Waals surface area contributed by atoms with Crippen molar-refractivity contribution in [2.75, 3.05) is 0 Å². The summed E-state index contributed by atoms with van der Waals surface area (Å²) in [6, 6.07) is 16.2. The molecule has 0 aliphatic rings. The molecule has 0 aromatic heterocycles. The minimum atomic E-state index is -4.76. The number of hydrogen-bond donors (Lipinski definition) is 0. The van der Waals surface area contributed by atoms with E-state index in [2.05, 4.69) is 0 Å². The minimum absolute atomic E-state index is 0.0276. The monoisotopic (exact) mass is 483 g/mol. The molecule has 0 radical (unpaired) electrons. The van der Waals surface area contributed by atoms with E-state index in [1.165, 1.54) is 30.3 Å². The highest BCUT2D eigenvalue weighted by atomic mass is 32.2. The Balaban J connectivity index is 2.28. The van der Waals surface area contributed by atoms with Crippen LogP contribution in [0.15, 0.2) is 87.5 Å². The van der Waals surface area contributed by atoms with Gasteiger partial charge in [0.05, 0.1) is 9.79 Å². The molecule has 0 spiro atoms. The van der Waals surface area contributed by atoms with Gasteiger partial charge in [0.2, 0.25) is 0 Å². The van der Waals surface area contributed by atoms with Gasteiger partial charge in [0.1, 0.15) is 20.2 Å². The van der Waals surface area contributed by atoms with Crippen LogP contribution in [-0.4, -0.2) is 34.7 Å². The Labute approximate surface area is 177 Å². The van der Waals surface area contributed by atoms with Crippen LogP contribution < -0.4 is 15.9 Å². The summed E-state index contributed by atoms with van der Waals surface area (Å²) >= 11 is -2.54. The van der Waals surface area contributed by atoms with Gasteiger partial charge < -0.3 is 13.7 Å². The molecular formula is C18H12O8PS3-3. The summed E-state index contributed by atoms with van der Waals surface area (Å²) < 4.78 is 91.5. The third-order valence-electron chi connectivity index (χ3n) is 4.00. The van der Waals surface area contributed by atoms with Crippen LogP contribution >= 0.6 is 7.92 Å². The summed E-state index contributed by atoms with van der Waals surface area (Å²) in [6.07, 6.45) is 0. The summed E-state index contributed by atoms with van der Waals surface area (Å²) in [5.74, 6) is 0. The molecule has 1 atom stereocenters. The number of benzene rings is 3. The van der Waals surface area contributed by atoms with Gasteiger partial charge in [-0.15, -0.1) is 0 Å². The second kappa shape index (κ2) is 8.64. The molecule has 12 heteroatoms. The highest BCUT2D eigenvalue weighted by molar-refractivity contribution is 7.86. The van der Waals surface area contributed by atoms with Crippen LogP contribution in [0.3, 0.4) is 0 Å². The zero-order valence-corrected chi connectivity index (χ0v) is 18.2. The van der Waals surface area contributed by atoms with Gasteiger partial charge in [0.15, 0.2) is 0 Å². The first-order valence-electron chi connectivity index (χ1n) is 8.08. The molecule has 0 amide bonds. The lowest BCUT2D eigenvalue weighted by atomic mass is 10.3. The average Bonchev–Trinajstić information content (AvgIpc) is 2.68. The SMILES string of the molecule is O=S([O-])c1cccc(P(c2cccc(S(=O)(=O)[O-])c2)c2cccc(S(=O)(=O)[O-])c2)c1. The maximum Gasteiger partial charge on any atom is 0.124 e. The smallest absolute Gasteiger partial charge is 0.124 e. The highest BCUT2D eigenvalue weighted by Gasteiger charge is 2.19. The van der Waals surface area contributed by atoms with E-state index >= 15 is 0 Å². The lowest BCUT2D eigenvalue weighted by Gasteiger charge is -2.22. The normalized spacial score (nSPS) is 13.3. The van der Waals surface area contributed by atoms with E-state index in [9.17, 15) is 34.7 Å². The van der Waals surface area contributed by atoms with Crippen LogP contribution in [0.2, 0.25) is 0 Å². The van der Waals surface area contributed by atoms with Gasteiger partial charge in [-0.2, -0.15) is 0 Å². The van der Waals surface area contributed by atoms with Crippen molar-refractivity contribution in [2.45, 2.75) is 14.7 Å². The van der Waals surface area contributed by atoms with Crippen LogP contribution in [0.5, 0.6) is 0 Å². The van der Waals surface area contributed by atoms with Crippen LogP contribution in [0.4, 0.5) is 0 Å². The van der Waals surface area contributed by atoms with Gasteiger partial charge in [-0.3, -0.25) is 4.21 Å². The van der Waals surface area contributed by atoms with Gasteiger partial charge in [-0.1, -0.05) is 36.4 Å². The van der Waals surface area contributed by atoms with Crippen LogP contribution in [-0.2, 0) is 31.3 Å². The first-order chi connectivity index (χ1) is 14.0. The Morgan fingerprint density at radius 1 is 0.667 bits per heavy atom. The molecule has 8 nitrogen and oxygen atoms in total. The molecular weight excluding hydrogens is 471 g/mol. The molecule has 0 saturated carbocycles. The molecule has 3 rings (SSSR count). The fourth-order valence-electron chi connectivity index (χ4n) is 2.73. The number of hydrogen-bond acceptors (Lipinski definition) is 8. The third kappa shape index (κ3) is 5.19. The molecule has 0 saturated heterocycles. The van der Waals surface area contributed by atoms with E-state index < -0.39 is 49.0 Å². The van der Waals surface area contributed by atoms with Crippen LogP contribution in [0.1, 0.15) is 0 Å². The van der Waals surface area contributed by atoms with Crippen molar-refractivity contribution in [3.05, 3.63) is 72.8 Å². The Hall–Kier alpha value is -1.98. The number of rotatable bonds is 6. The van der Waals surface area contributed by atoms with Gasteiger partial charge in [0.25, 0.3) is 0 Å². The second-order valence-electron chi connectivity index (χ2n) is 5.97. The molecule has 0 fully saturated rings. The first kappa shape index (κ1) is 22.7. The zero-order valence-electron chi connectivity index (χ0n) is 14.9. The van der Waals surface area contributed by atoms with Gasteiger partial charge >= 0.3 is 0 Å². The topological polar surface area (TPSA) is 155 Å². The lowest BCUT2D eigenvalue weighted by Crippen LogP contribution is -2.22. The molecule has 30 heavy (non-hydrogen) atoms. The fraction of sp³-hybridized carbons (Fsp3) is 0. The van der Waals surface area contributed by atoms with Crippen molar-refractivity contribution in [2.24, 2.45) is 0 Å². The predicted octanol–water partition coefficient (Wildman–Crippen LogP) is 0.491. The van der Waals surface area contributed by atoms with Crippen molar-refractivity contribution < 1.29 is 34.7 Å². The van der Waals surface area contributed by atoms with Gasteiger partial charge in [-0.25, -0.2) is 16.8 Å². The Morgan fingerprint density at radius 2 is 1.07 bits per heavy atom. The quantitative estimate of drug-likeness (QED) is 0.279. The average molecular weight is 483 g/mol. The Morgan fingerprint density at radius 3 is 1.47 bits per heavy atom. The molecule has 0 aliphatic heterocycles. The van der Waals surface area contributed by atoms with Crippen LogP contribution in [0.25, 0.3) is 0 Å². The van der Waals surface area contributed by atoms with Crippen molar-refractivity contribution >= 4 is 55.2 Å². The van der Waals surface area contributed by atoms with Crippen molar-refractivity contribution in [1.29, 1.82) is 0 Å². The Bertz CT molecular complexity index is 1260. The maximum atomic E-state index is 11.5. The van der Waals surface area contributed by atoms with Crippen molar-refractivity contribution in [3.8, 4) is 0 Å². The molecule has 3 aromatic carbocycles. The second-order valence-corrected chi connectivity index (χ2v) is 11.9. The third-order valence-corrected chi connectivity index (χ3v) is 8.68. The molecule has 0 heterocycles. The van der Waals surface area contributed by atoms with E-state index in [0.717, 1.165) is 24.3 Å². The summed E-state index contributed by atoms with van der Waals surface area (Å²) in [7, 11) is -11.2. The van der Waals surface area contributed by atoms with E-state index in [1.54, 1.807) is 18.2 Å². The fourth-order valence-corrected chi connectivity index (χ4v) is 6.84. The van der Waals surface area contributed by atoms with Crippen molar-refractivity contribution in [3.63, 3.8) is 0 Å². The van der Waals surface area contributed by atoms with Gasteiger partial charge in [0, 0.05) is 4.90 Å². The Kier molecular flexibility index (Phi) is 6.54. The lowest BCUT2D eigenvalue weighted by molar-refractivity contribution is 0.461. The molecule has 158 valence electrons. The molecule has 0 aliphatic carbocycles. The maximum absolute atomic E-state index is 11.5. The van der Waals surface area contributed by atoms with E-state index in [0.29, 0.717) is 15.9 Å². The largest absolute Gasteiger partial charge is 0.768 e. The summed E-state index contributed by atoms with van der Waals surface area (Å²) in [4.78, 5) is -0.993. The van der Waals surface area contributed by atoms with E-state index in [-0.39, 0.29) is 4.90 Å². The zero-order chi connectivity index (χ0) is 22.1. The molecule has 3 aromatic rings. The summed E-state index contributed by atoms with van der Waals surface area (Å²) in [6.45, 7) is 0. The first-order valence-corrected chi connectivity index (χ1v) is 13.3. The minimum Gasteiger partial charge on any atom is -0.768 e. The highest BCUT2D eigenvalue weighted by Crippen LogP contribution is 2.34.